The van der Waals surface area contributed by atoms with Crippen LogP contribution in [0.3, 0.4) is 0 Å². The van der Waals surface area contributed by atoms with Crippen molar-refractivity contribution in [3.8, 4) is 11.1 Å². The molecule has 0 N–H and O–H groups in total. The predicted octanol–water partition coefficient (Wildman–Crippen LogP) is 6.80. The number of hydrogen-bond acceptors (Lipinski definition) is 3. The summed E-state index contributed by atoms with van der Waals surface area (Å²) in [4.78, 5) is 4.65. The van der Waals surface area contributed by atoms with Crippen LogP contribution >= 0.6 is 0 Å². The quantitative estimate of drug-likeness (QED) is 0.317. The Morgan fingerprint density at radius 1 is 0.586 bits per heavy atom. The zero-order valence-corrected chi connectivity index (χ0v) is 15.3. The number of benzene rings is 4. The van der Waals surface area contributed by atoms with E-state index in [0.29, 0.717) is 5.84 Å². The molecule has 0 atom stereocenters. The minimum atomic E-state index is 0.620. The van der Waals surface area contributed by atoms with E-state index in [4.69, 9.17) is 8.83 Å². The number of para-hydroxylation sites is 3. The largest absolute Gasteiger partial charge is 0.456 e. The SMILES string of the molecule is c1ccc2c(c1)oc1ccc(-c3ccc4nc5oc6ccccc6n5c4c3)cc12. The van der Waals surface area contributed by atoms with E-state index in [1.807, 2.05) is 42.5 Å². The van der Waals surface area contributed by atoms with Gasteiger partial charge in [0.1, 0.15) is 11.2 Å². The Morgan fingerprint density at radius 2 is 1.34 bits per heavy atom. The lowest BCUT2D eigenvalue weighted by atomic mass is 10.0. The molecule has 0 amide bonds. The minimum Gasteiger partial charge on any atom is -0.456 e. The van der Waals surface area contributed by atoms with Gasteiger partial charge >= 0.3 is 5.84 Å². The van der Waals surface area contributed by atoms with Gasteiger partial charge in [-0.1, -0.05) is 42.5 Å². The highest BCUT2D eigenvalue weighted by molar-refractivity contribution is 6.06. The number of furan rings is 1. The second-order valence-electron chi connectivity index (χ2n) is 7.31. The zero-order chi connectivity index (χ0) is 18.9. The second kappa shape index (κ2) is 5.26. The van der Waals surface area contributed by atoms with Gasteiger partial charge in [-0.25, -0.2) is 0 Å². The maximum atomic E-state index is 5.97. The van der Waals surface area contributed by atoms with Crippen molar-refractivity contribution in [3.05, 3.63) is 84.9 Å². The summed E-state index contributed by atoms with van der Waals surface area (Å²) in [6, 6.07) is 28.9. The van der Waals surface area contributed by atoms with Gasteiger partial charge in [-0.2, -0.15) is 4.98 Å². The van der Waals surface area contributed by atoms with Gasteiger partial charge in [0.15, 0.2) is 5.58 Å². The normalized spacial score (nSPS) is 12.1. The molecule has 3 aromatic heterocycles. The van der Waals surface area contributed by atoms with Crippen LogP contribution in [0.4, 0.5) is 0 Å². The molecule has 4 aromatic carbocycles. The van der Waals surface area contributed by atoms with Crippen molar-refractivity contribution < 1.29 is 8.83 Å². The fourth-order valence-corrected chi connectivity index (χ4v) is 4.27. The number of imidazole rings is 1. The molecule has 0 aliphatic rings. The average Bonchev–Trinajstić information content (AvgIpc) is 3.42. The third-order valence-electron chi connectivity index (χ3n) is 5.64. The molecule has 0 saturated carbocycles. The van der Waals surface area contributed by atoms with Crippen LogP contribution < -0.4 is 0 Å². The van der Waals surface area contributed by atoms with Crippen LogP contribution in [0.1, 0.15) is 0 Å². The summed E-state index contributed by atoms with van der Waals surface area (Å²) in [7, 11) is 0. The van der Waals surface area contributed by atoms with Crippen molar-refractivity contribution in [2.24, 2.45) is 0 Å². The lowest BCUT2D eigenvalue weighted by Gasteiger charge is -2.03. The van der Waals surface area contributed by atoms with E-state index in [2.05, 4.69) is 51.8 Å². The Bertz CT molecular complexity index is 1720. The molecule has 0 bridgehead atoms. The second-order valence-corrected chi connectivity index (χ2v) is 7.31. The number of oxazole rings is 1. The predicted molar refractivity (Wildman–Crippen MR) is 115 cm³/mol. The van der Waals surface area contributed by atoms with E-state index < -0.39 is 0 Å². The van der Waals surface area contributed by atoms with Crippen LogP contribution in [0.25, 0.3) is 61.0 Å². The number of rotatable bonds is 1. The van der Waals surface area contributed by atoms with Crippen molar-refractivity contribution in [3.63, 3.8) is 0 Å². The molecule has 7 aromatic rings. The Balaban J connectivity index is 1.50. The Kier molecular flexibility index (Phi) is 2.71. The van der Waals surface area contributed by atoms with Crippen LogP contribution in [-0.2, 0) is 0 Å². The van der Waals surface area contributed by atoms with Gasteiger partial charge in [0.2, 0.25) is 0 Å². The lowest BCUT2D eigenvalue weighted by Crippen LogP contribution is -1.83. The summed E-state index contributed by atoms with van der Waals surface area (Å²) in [5.74, 6) is 0.620. The van der Waals surface area contributed by atoms with Crippen LogP contribution in [0.2, 0.25) is 0 Å². The van der Waals surface area contributed by atoms with E-state index in [-0.39, 0.29) is 0 Å². The van der Waals surface area contributed by atoms with Gasteiger partial charge in [0, 0.05) is 10.8 Å². The first-order valence-corrected chi connectivity index (χ1v) is 9.57. The minimum absolute atomic E-state index is 0.620. The van der Waals surface area contributed by atoms with Gasteiger partial charge in [-0.3, -0.25) is 4.40 Å². The van der Waals surface area contributed by atoms with Crippen molar-refractivity contribution in [2.75, 3.05) is 0 Å². The number of nitrogens with zero attached hydrogens (tertiary/aromatic N) is 2. The molecule has 3 heterocycles. The molecule has 0 aliphatic carbocycles. The van der Waals surface area contributed by atoms with Gasteiger partial charge in [0.25, 0.3) is 0 Å². The standard InChI is InChI=1S/C25H14N2O2/c1-3-7-22-17(5-1)18-13-15(10-12-23(18)28-22)16-9-11-19-21(14-16)27-20-6-2-4-8-24(20)29-25(27)26-19/h1-14H. The fraction of sp³-hybridized carbons (Fsp3) is 0. The lowest BCUT2D eigenvalue weighted by molar-refractivity contribution is 0.643. The molecule has 4 nitrogen and oxygen atoms in total. The Morgan fingerprint density at radius 3 is 2.31 bits per heavy atom. The molecule has 136 valence electrons. The number of fused-ring (bicyclic) bond motifs is 8. The van der Waals surface area contributed by atoms with Gasteiger partial charge in [0.05, 0.1) is 16.6 Å². The topological polar surface area (TPSA) is 43.6 Å². The monoisotopic (exact) mass is 374 g/mol. The summed E-state index contributed by atoms with van der Waals surface area (Å²) in [6.45, 7) is 0. The van der Waals surface area contributed by atoms with E-state index in [1.165, 1.54) is 0 Å². The van der Waals surface area contributed by atoms with Crippen LogP contribution in [0.15, 0.2) is 93.8 Å². The maximum Gasteiger partial charge on any atom is 0.307 e. The van der Waals surface area contributed by atoms with Gasteiger partial charge in [-0.15, -0.1) is 0 Å². The van der Waals surface area contributed by atoms with E-state index >= 15 is 0 Å². The summed E-state index contributed by atoms with van der Waals surface area (Å²) in [5, 5.41) is 2.27. The molecule has 0 fully saturated rings. The third-order valence-corrected chi connectivity index (χ3v) is 5.64. The fourth-order valence-electron chi connectivity index (χ4n) is 4.27. The third kappa shape index (κ3) is 2.00. The highest BCUT2D eigenvalue weighted by atomic mass is 16.4. The first-order chi connectivity index (χ1) is 14.3. The van der Waals surface area contributed by atoms with Crippen LogP contribution in [0, 0.1) is 0 Å². The molecular weight excluding hydrogens is 360 g/mol. The highest BCUT2D eigenvalue weighted by Gasteiger charge is 2.14. The van der Waals surface area contributed by atoms with Crippen molar-refractivity contribution in [2.45, 2.75) is 0 Å². The molecule has 0 radical (unpaired) electrons. The molecule has 0 spiro atoms. The van der Waals surface area contributed by atoms with Crippen molar-refractivity contribution >= 4 is 49.9 Å². The Hall–Kier alpha value is -4.05. The summed E-state index contributed by atoms with van der Waals surface area (Å²) in [5.41, 5.74) is 7.94. The average molecular weight is 374 g/mol. The first-order valence-electron chi connectivity index (χ1n) is 9.57. The molecule has 7 rings (SSSR count). The first kappa shape index (κ1) is 14.9. The van der Waals surface area contributed by atoms with E-state index in [1.54, 1.807) is 0 Å². The molecule has 4 heteroatoms. The van der Waals surface area contributed by atoms with Crippen molar-refractivity contribution in [1.29, 1.82) is 0 Å². The summed E-state index contributed by atoms with van der Waals surface area (Å²) in [6.07, 6.45) is 0. The summed E-state index contributed by atoms with van der Waals surface area (Å²) < 4.78 is 14.0. The summed E-state index contributed by atoms with van der Waals surface area (Å²) >= 11 is 0. The van der Waals surface area contributed by atoms with E-state index in [9.17, 15) is 0 Å². The molecule has 0 saturated heterocycles. The number of hydrogen-bond donors (Lipinski definition) is 0. The molecule has 0 unspecified atom stereocenters. The molecule has 29 heavy (non-hydrogen) atoms. The zero-order valence-electron chi connectivity index (χ0n) is 15.3. The number of aromatic nitrogens is 2. The highest BCUT2D eigenvalue weighted by Crippen LogP contribution is 2.34. The van der Waals surface area contributed by atoms with E-state index in [0.717, 1.165) is 55.2 Å². The van der Waals surface area contributed by atoms with Gasteiger partial charge < -0.3 is 8.83 Å². The molecule has 0 aliphatic heterocycles. The smallest absolute Gasteiger partial charge is 0.307 e. The maximum absolute atomic E-state index is 5.97. The van der Waals surface area contributed by atoms with Crippen LogP contribution in [-0.4, -0.2) is 9.38 Å². The van der Waals surface area contributed by atoms with Gasteiger partial charge in [-0.05, 0) is 53.6 Å². The van der Waals surface area contributed by atoms with Crippen LogP contribution in [0.5, 0.6) is 0 Å². The Labute approximate surface area is 164 Å². The molecular formula is C25H14N2O2. The van der Waals surface area contributed by atoms with Crippen molar-refractivity contribution in [1.82, 2.24) is 9.38 Å².